The topological polar surface area (TPSA) is 29.5 Å². The Morgan fingerprint density at radius 2 is 1.79 bits per heavy atom. The second kappa shape index (κ2) is 9.19. The number of aliphatic hydroxyl groups is 1. The Labute approximate surface area is 154 Å². The van der Waals surface area contributed by atoms with Crippen molar-refractivity contribution < 1.29 is 9.53 Å². The molecule has 0 unspecified atom stereocenters. The SMILES string of the molecule is C/C(=C\[C@@H](O)c1ccc(Cl)cc1)CCCCO[Si](C)(C)C(C)(C)C. The first-order valence-electron chi connectivity index (χ1n) is 8.78. The maximum Gasteiger partial charge on any atom is 0.191 e. The van der Waals surface area contributed by atoms with Crippen LogP contribution in [-0.2, 0) is 4.43 Å². The summed E-state index contributed by atoms with van der Waals surface area (Å²) in [7, 11) is -1.62. The van der Waals surface area contributed by atoms with Crippen LogP contribution in [0, 0.1) is 0 Å². The molecule has 0 aromatic heterocycles. The summed E-state index contributed by atoms with van der Waals surface area (Å²) in [6, 6.07) is 7.34. The van der Waals surface area contributed by atoms with Crippen molar-refractivity contribution in [3.05, 3.63) is 46.5 Å². The lowest BCUT2D eigenvalue weighted by Crippen LogP contribution is -2.40. The molecule has 0 spiro atoms. The van der Waals surface area contributed by atoms with Crippen molar-refractivity contribution in [2.45, 2.75) is 71.2 Å². The minimum absolute atomic E-state index is 0.269. The Morgan fingerprint density at radius 1 is 1.21 bits per heavy atom. The van der Waals surface area contributed by atoms with Gasteiger partial charge in [0.25, 0.3) is 0 Å². The van der Waals surface area contributed by atoms with E-state index in [1.165, 1.54) is 5.57 Å². The third-order valence-corrected chi connectivity index (χ3v) is 9.68. The molecule has 0 aliphatic carbocycles. The predicted octanol–water partition coefficient (Wildman–Crippen LogP) is 6.51. The van der Waals surface area contributed by atoms with E-state index in [1.54, 1.807) is 0 Å². The summed E-state index contributed by atoms with van der Waals surface area (Å²) in [6.07, 6.45) is 4.51. The Hall–Kier alpha value is -0.613. The van der Waals surface area contributed by atoms with Crippen molar-refractivity contribution >= 4 is 19.9 Å². The smallest absolute Gasteiger partial charge is 0.191 e. The van der Waals surface area contributed by atoms with Gasteiger partial charge < -0.3 is 9.53 Å². The van der Waals surface area contributed by atoms with Gasteiger partial charge in [0, 0.05) is 11.6 Å². The standard InChI is InChI=1S/C20H33ClO2Si/c1-16(15-19(22)17-10-12-18(21)13-11-17)9-7-8-14-23-24(5,6)20(2,3)4/h10-13,15,19,22H,7-9,14H2,1-6H3/b16-15+/t19-/m1/s1. The van der Waals surface area contributed by atoms with E-state index in [4.69, 9.17) is 16.0 Å². The van der Waals surface area contributed by atoms with Crippen molar-refractivity contribution in [3.8, 4) is 0 Å². The van der Waals surface area contributed by atoms with Gasteiger partial charge in [-0.25, -0.2) is 0 Å². The number of aliphatic hydroxyl groups excluding tert-OH is 1. The molecule has 1 N–H and O–H groups in total. The second-order valence-electron chi connectivity index (χ2n) is 8.08. The van der Waals surface area contributed by atoms with Gasteiger partial charge in [0.2, 0.25) is 0 Å². The highest BCUT2D eigenvalue weighted by Crippen LogP contribution is 2.36. The zero-order chi connectivity index (χ0) is 18.4. The van der Waals surface area contributed by atoms with Crippen LogP contribution in [0.25, 0.3) is 0 Å². The van der Waals surface area contributed by atoms with E-state index in [1.807, 2.05) is 30.3 Å². The van der Waals surface area contributed by atoms with Gasteiger partial charge in [0.15, 0.2) is 8.32 Å². The highest BCUT2D eigenvalue weighted by Gasteiger charge is 2.36. The molecule has 0 saturated carbocycles. The summed E-state index contributed by atoms with van der Waals surface area (Å²) in [5.41, 5.74) is 2.09. The van der Waals surface area contributed by atoms with Crippen LogP contribution in [0.15, 0.2) is 35.9 Å². The van der Waals surface area contributed by atoms with Gasteiger partial charge in [-0.15, -0.1) is 0 Å². The van der Waals surface area contributed by atoms with Gasteiger partial charge in [-0.3, -0.25) is 0 Å². The Bertz CT molecular complexity index is 530. The van der Waals surface area contributed by atoms with Crippen molar-refractivity contribution in [1.82, 2.24) is 0 Å². The first-order chi connectivity index (χ1) is 11.0. The van der Waals surface area contributed by atoms with E-state index in [2.05, 4.69) is 40.8 Å². The number of halogens is 1. The van der Waals surface area contributed by atoms with E-state index >= 15 is 0 Å². The Kier molecular flexibility index (Phi) is 8.20. The Balaban J connectivity index is 2.35. The average Bonchev–Trinajstić information content (AvgIpc) is 2.46. The largest absolute Gasteiger partial charge is 0.417 e. The summed E-state index contributed by atoms with van der Waals surface area (Å²) in [4.78, 5) is 0. The van der Waals surface area contributed by atoms with Crippen molar-refractivity contribution in [2.75, 3.05) is 6.61 Å². The molecule has 0 aliphatic rings. The molecule has 136 valence electrons. The number of hydrogen-bond acceptors (Lipinski definition) is 2. The maximum absolute atomic E-state index is 10.2. The second-order valence-corrected chi connectivity index (χ2v) is 13.3. The molecule has 0 amide bonds. The molecule has 1 rings (SSSR count). The van der Waals surface area contributed by atoms with Crippen LogP contribution in [0.2, 0.25) is 23.2 Å². The van der Waals surface area contributed by atoms with E-state index in [9.17, 15) is 5.11 Å². The highest BCUT2D eigenvalue weighted by molar-refractivity contribution is 6.74. The third kappa shape index (κ3) is 7.10. The van der Waals surface area contributed by atoms with Gasteiger partial charge in [-0.2, -0.15) is 0 Å². The summed E-state index contributed by atoms with van der Waals surface area (Å²) < 4.78 is 6.19. The highest BCUT2D eigenvalue weighted by atomic mass is 35.5. The lowest BCUT2D eigenvalue weighted by molar-refractivity contribution is 0.227. The van der Waals surface area contributed by atoms with Gasteiger partial charge in [-0.1, -0.05) is 56.2 Å². The van der Waals surface area contributed by atoms with Gasteiger partial charge in [-0.05, 0) is 62.0 Å². The number of hydrogen-bond donors (Lipinski definition) is 1. The van der Waals surface area contributed by atoms with E-state index in [-0.39, 0.29) is 5.04 Å². The molecule has 0 saturated heterocycles. The van der Waals surface area contributed by atoms with E-state index in [0.717, 1.165) is 31.4 Å². The third-order valence-electron chi connectivity index (χ3n) is 4.89. The van der Waals surface area contributed by atoms with Crippen molar-refractivity contribution in [2.24, 2.45) is 0 Å². The van der Waals surface area contributed by atoms with Crippen LogP contribution in [0.3, 0.4) is 0 Å². The predicted molar refractivity (Wildman–Crippen MR) is 107 cm³/mol. The zero-order valence-corrected chi connectivity index (χ0v) is 17.8. The Morgan fingerprint density at radius 3 is 2.33 bits per heavy atom. The monoisotopic (exact) mass is 368 g/mol. The van der Waals surface area contributed by atoms with Gasteiger partial charge in [0.05, 0.1) is 6.10 Å². The molecule has 1 aromatic rings. The summed E-state index contributed by atoms with van der Waals surface area (Å²) in [5.74, 6) is 0. The molecular formula is C20H33ClO2Si. The molecule has 0 heterocycles. The fourth-order valence-electron chi connectivity index (χ4n) is 2.16. The zero-order valence-electron chi connectivity index (χ0n) is 16.0. The average molecular weight is 369 g/mol. The molecule has 1 atom stereocenters. The van der Waals surface area contributed by atoms with Gasteiger partial charge >= 0.3 is 0 Å². The van der Waals surface area contributed by atoms with Crippen LogP contribution in [0.1, 0.15) is 58.6 Å². The van der Waals surface area contributed by atoms with E-state index in [0.29, 0.717) is 5.02 Å². The molecule has 0 bridgehead atoms. The fraction of sp³-hybridized carbons (Fsp3) is 0.600. The molecule has 2 nitrogen and oxygen atoms in total. The first-order valence-corrected chi connectivity index (χ1v) is 12.1. The van der Waals surface area contributed by atoms with Crippen LogP contribution in [-0.4, -0.2) is 20.0 Å². The maximum atomic E-state index is 10.2. The molecular weight excluding hydrogens is 336 g/mol. The summed E-state index contributed by atoms with van der Waals surface area (Å²) >= 11 is 5.87. The van der Waals surface area contributed by atoms with Crippen LogP contribution in [0.4, 0.5) is 0 Å². The first kappa shape index (κ1) is 21.4. The molecule has 0 fully saturated rings. The molecule has 24 heavy (non-hydrogen) atoms. The lowest BCUT2D eigenvalue weighted by Gasteiger charge is -2.36. The van der Waals surface area contributed by atoms with Crippen molar-refractivity contribution in [1.29, 1.82) is 0 Å². The van der Waals surface area contributed by atoms with Crippen LogP contribution < -0.4 is 0 Å². The molecule has 4 heteroatoms. The summed E-state index contributed by atoms with van der Waals surface area (Å²) in [6.45, 7) is 14.3. The molecule has 1 aromatic carbocycles. The quantitative estimate of drug-likeness (QED) is 0.322. The fourth-order valence-corrected chi connectivity index (χ4v) is 3.37. The number of allylic oxidation sites excluding steroid dienone is 1. The molecule has 0 aliphatic heterocycles. The van der Waals surface area contributed by atoms with Gasteiger partial charge in [0.1, 0.15) is 0 Å². The number of rotatable bonds is 8. The van der Waals surface area contributed by atoms with Crippen LogP contribution in [0.5, 0.6) is 0 Å². The van der Waals surface area contributed by atoms with Crippen LogP contribution >= 0.6 is 11.6 Å². The normalized spacial score (nSPS) is 14.8. The minimum Gasteiger partial charge on any atom is -0.417 e. The van der Waals surface area contributed by atoms with Crippen molar-refractivity contribution in [3.63, 3.8) is 0 Å². The molecule has 0 radical (unpaired) electrons. The number of unbranched alkanes of at least 4 members (excludes halogenated alkanes) is 1. The minimum atomic E-state index is -1.62. The lowest BCUT2D eigenvalue weighted by atomic mass is 10.0. The number of benzene rings is 1. The summed E-state index contributed by atoms with van der Waals surface area (Å²) in [5, 5.41) is 11.2. The van der Waals surface area contributed by atoms with E-state index < -0.39 is 14.4 Å².